The smallest absolute Gasteiger partial charge is 0.326 e. The molecule has 0 fully saturated rings. The molecule has 0 spiro atoms. The van der Waals surface area contributed by atoms with Gasteiger partial charge in [-0.05, 0) is 20.3 Å². The summed E-state index contributed by atoms with van der Waals surface area (Å²) in [6.45, 7) is 2.40. The Kier molecular flexibility index (Phi) is 11.0. The van der Waals surface area contributed by atoms with Gasteiger partial charge in [-0.2, -0.15) is 0 Å². The highest BCUT2D eigenvalue weighted by Gasteiger charge is 2.32. The highest BCUT2D eigenvalue weighted by atomic mass is 16.4. The number of carbonyl (C=O) groups is 6. The number of aliphatic hydroxyl groups excluding tert-OH is 1. The zero-order chi connectivity index (χ0) is 23.6. The second-order valence-corrected chi connectivity index (χ2v) is 6.57. The van der Waals surface area contributed by atoms with Crippen LogP contribution in [-0.2, 0) is 28.8 Å². The van der Waals surface area contributed by atoms with Gasteiger partial charge in [0.15, 0.2) is 0 Å². The Morgan fingerprint density at radius 1 is 0.900 bits per heavy atom. The number of aliphatic hydroxyl groups is 1. The Hall–Kier alpha value is -3.26. The van der Waals surface area contributed by atoms with E-state index in [1.165, 1.54) is 6.92 Å². The van der Waals surface area contributed by atoms with E-state index < -0.39 is 72.3 Å². The van der Waals surface area contributed by atoms with E-state index in [-0.39, 0.29) is 12.8 Å². The maximum absolute atomic E-state index is 12.2. The minimum Gasteiger partial charge on any atom is -0.481 e. The molecule has 0 bridgehead atoms. The fourth-order valence-electron chi connectivity index (χ4n) is 2.13. The molecule has 14 heteroatoms. The Bertz CT molecular complexity index is 682. The summed E-state index contributed by atoms with van der Waals surface area (Å²) in [5.74, 6) is -6.56. The van der Waals surface area contributed by atoms with E-state index in [1.54, 1.807) is 0 Å². The first-order valence-corrected chi connectivity index (χ1v) is 8.83. The predicted octanol–water partition coefficient (Wildman–Crippen LogP) is -4.01. The fourth-order valence-corrected chi connectivity index (χ4v) is 2.13. The van der Waals surface area contributed by atoms with Crippen molar-refractivity contribution in [3.05, 3.63) is 0 Å². The van der Waals surface area contributed by atoms with Crippen LogP contribution in [0.15, 0.2) is 0 Å². The number of hydrogen-bond donors (Lipinski definition) is 8. The lowest BCUT2D eigenvalue weighted by molar-refractivity contribution is -0.147. The zero-order valence-corrected chi connectivity index (χ0v) is 16.5. The fraction of sp³-hybridized carbons (Fsp3) is 0.625. The van der Waals surface area contributed by atoms with Crippen LogP contribution in [0.5, 0.6) is 0 Å². The molecule has 0 heterocycles. The molecule has 5 unspecified atom stereocenters. The summed E-state index contributed by atoms with van der Waals surface area (Å²) in [5.41, 5.74) is 10.5. The van der Waals surface area contributed by atoms with Gasteiger partial charge >= 0.3 is 11.9 Å². The van der Waals surface area contributed by atoms with E-state index in [0.717, 1.165) is 6.92 Å². The van der Waals surface area contributed by atoms with Gasteiger partial charge in [0.1, 0.15) is 18.1 Å². The van der Waals surface area contributed by atoms with Crippen LogP contribution in [0.1, 0.15) is 33.1 Å². The van der Waals surface area contributed by atoms with Crippen LogP contribution in [0, 0.1) is 0 Å². The van der Waals surface area contributed by atoms with Gasteiger partial charge in [-0.15, -0.1) is 0 Å². The quantitative estimate of drug-likeness (QED) is 0.140. The Morgan fingerprint density at radius 3 is 1.90 bits per heavy atom. The molecule has 0 aromatic carbocycles. The van der Waals surface area contributed by atoms with Crippen LogP contribution in [0.3, 0.4) is 0 Å². The molecule has 5 atom stereocenters. The summed E-state index contributed by atoms with van der Waals surface area (Å²) in [5, 5.41) is 33.7. The summed E-state index contributed by atoms with van der Waals surface area (Å²) >= 11 is 0. The highest BCUT2D eigenvalue weighted by molar-refractivity contribution is 5.94. The maximum atomic E-state index is 12.2. The first kappa shape index (κ1) is 26.7. The van der Waals surface area contributed by atoms with E-state index in [9.17, 15) is 33.9 Å². The third-order valence-electron chi connectivity index (χ3n) is 3.85. The van der Waals surface area contributed by atoms with Crippen molar-refractivity contribution in [2.75, 3.05) is 0 Å². The number of rotatable bonds is 13. The number of amides is 4. The summed E-state index contributed by atoms with van der Waals surface area (Å²) in [6, 6.07) is -5.74. The first-order chi connectivity index (χ1) is 13.8. The lowest BCUT2D eigenvalue weighted by Crippen LogP contribution is -2.59. The molecule has 30 heavy (non-hydrogen) atoms. The minimum atomic E-state index is -1.78. The van der Waals surface area contributed by atoms with Crippen molar-refractivity contribution in [3.63, 3.8) is 0 Å². The molecule has 0 radical (unpaired) electrons. The van der Waals surface area contributed by atoms with Gasteiger partial charge in [0.05, 0.1) is 18.6 Å². The third-order valence-corrected chi connectivity index (χ3v) is 3.85. The van der Waals surface area contributed by atoms with Crippen molar-refractivity contribution in [1.29, 1.82) is 0 Å². The minimum absolute atomic E-state index is 0.0473. The average molecular weight is 433 g/mol. The van der Waals surface area contributed by atoms with Gasteiger partial charge < -0.3 is 42.7 Å². The summed E-state index contributed by atoms with van der Waals surface area (Å²) < 4.78 is 0. The van der Waals surface area contributed by atoms with Gasteiger partial charge in [-0.25, -0.2) is 4.79 Å². The molecule has 4 amide bonds. The second kappa shape index (κ2) is 12.3. The van der Waals surface area contributed by atoms with Crippen LogP contribution < -0.4 is 27.4 Å². The second-order valence-electron chi connectivity index (χ2n) is 6.57. The maximum Gasteiger partial charge on any atom is 0.326 e. The number of carbonyl (C=O) groups excluding carboxylic acids is 4. The molecular formula is C16H27N5O9. The Labute approximate surface area is 171 Å². The van der Waals surface area contributed by atoms with Crippen LogP contribution in [0.4, 0.5) is 0 Å². The van der Waals surface area contributed by atoms with Gasteiger partial charge in [-0.1, -0.05) is 0 Å². The zero-order valence-electron chi connectivity index (χ0n) is 16.5. The molecule has 0 saturated carbocycles. The average Bonchev–Trinajstić information content (AvgIpc) is 2.61. The van der Waals surface area contributed by atoms with Crippen LogP contribution in [0.25, 0.3) is 0 Å². The summed E-state index contributed by atoms with van der Waals surface area (Å²) in [7, 11) is 0. The monoisotopic (exact) mass is 433 g/mol. The summed E-state index contributed by atoms with van der Waals surface area (Å²) in [4.78, 5) is 68.9. The van der Waals surface area contributed by atoms with E-state index in [1.807, 2.05) is 5.32 Å². The Morgan fingerprint density at radius 2 is 1.47 bits per heavy atom. The largest absolute Gasteiger partial charge is 0.481 e. The van der Waals surface area contributed by atoms with Crippen molar-refractivity contribution in [2.24, 2.45) is 11.5 Å². The normalized spacial score (nSPS) is 15.6. The molecule has 10 N–H and O–H groups in total. The molecule has 0 aromatic rings. The lowest BCUT2D eigenvalue weighted by atomic mass is 10.1. The van der Waals surface area contributed by atoms with E-state index in [2.05, 4.69) is 10.6 Å². The SMILES string of the molecule is CC(NC(=O)C(N)CCC(N)=O)C(=O)NC(C(=O)NC(CC(=O)O)C(=O)O)C(C)O. The molecule has 0 aliphatic carbocycles. The number of carboxylic acid groups (broad SMARTS) is 2. The first-order valence-electron chi connectivity index (χ1n) is 8.83. The molecule has 0 aliphatic heterocycles. The third kappa shape index (κ3) is 9.79. The van der Waals surface area contributed by atoms with Crippen molar-refractivity contribution in [2.45, 2.75) is 63.4 Å². The van der Waals surface area contributed by atoms with Gasteiger partial charge in [0.25, 0.3) is 0 Å². The van der Waals surface area contributed by atoms with E-state index in [0.29, 0.717) is 0 Å². The van der Waals surface area contributed by atoms with Crippen molar-refractivity contribution >= 4 is 35.6 Å². The number of hydrogen-bond acceptors (Lipinski definition) is 8. The van der Waals surface area contributed by atoms with Gasteiger partial charge in [0.2, 0.25) is 23.6 Å². The van der Waals surface area contributed by atoms with Crippen LogP contribution >= 0.6 is 0 Å². The lowest BCUT2D eigenvalue weighted by Gasteiger charge is -2.25. The molecule has 170 valence electrons. The standard InChI is InChI=1S/C16H27N5O9/c1-6(19-14(27)8(17)3-4-10(18)23)13(26)21-12(7(2)22)15(28)20-9(16(29)30)5-11(24)25/h6-9,12,22H,3-5,17H2,1-2H3,(H2,18,23)(H,19,27)(H,20,28)(H,21,26)(H,24,25)(H,29,30). The number of nitrogens with one attached hydrogen (secondary N) is 3. The molecule has 0 aliphatic rings. The summed E-state index contributed by atoms with van der Waals surface area (Å²) in [6.07, 6.45) is -2.58. The number of aliphatic carboxylic acids is 2. The molecular weight excluding hydrogens is 406 g/mol. The van der Waals surface area contributed by atoms with Crippen molar-refractivity contribution in [1.82, 2.24) is 16.0 Å². The number of primary amides is 1. The van der Waals surface area contributed by atoms with Crippen LogP contribution in [-0.4, -0.2) is 81.2 Å². The topological polar surface area (TPSA) is 251 Å². The number of carboxylic acids is 2. The number of nitrogens with two attached hydrogens (primary N) is 2. The van der Waals surface area contributed by atoms with Gasteiger partial charge in [0, 0.05) is 6.42 Å². The van der Waals surface area contributed by atoms with E-state index in [4.69, 9.17) is 21.7 Å². The molecule has 0 rings (SSSR count). The molecule has 0 saturated heterocycles. The van der Waals surface area contributed by atoms with E-state index >= 15 is 0 Å². The van der Waals surface area contributed by atoms with Crippen LogP contribution in [0.2, 0.25) is 0 Å². The Balaban J connectivity index is 4.99. The van der Waals surface area contributed by atoms with Gasteiger partial charge in [-0.3, -0.25) is 24.0 Å². The van der Waals surface area contributed by atoms with Crippen molar-refractivity contribution < 1.29 is 44.1 Å². The molecule has 0 aromatic heterocycles. The predicted molar refractivity (Wildman–Crippen MR) is 99.4 cm³/mol. The highest BCUT2D eigenvalue weighted by Crippen LogP contribution is 2.00. The molecule has 14 nitrogen and oxygen atoms in total. The van der Waals surface area contributed by atoms with Crippen molar-refractivity contribution in [3.8, 4) is 0 Å².